The summed E-state index contributed by atoms with van der Waals surface area (Å²) in [6.07, 6.45) is -0.450. The number of hydrogen-bond donors (Lipinski definition) is 1. The minimum absolute atomic E-state index is 0.145. The van der Waals surface area contributed by atoms with Crippen molar-refractivity contribution in [1.29, 1.82) is 0 Å². The minimum atomic E-state index is -0.450. The van der Waals surface area contributed by atoms with Crippen LogP contribution in [-0.4, -0.2) is 67.1 Å². The van der Waals surface area contributed by atoms with E-state index in [1.54, 1.807) is 29.8 Å². The lowest BCUT2D eigenvalue weighted by molar-refractivity contribution is 0.0796. The van der Waals surface area contributed by atoms with Gasteiger partial charge in [0.15, 0.2) is 5.69 Å². The molecule has 0 aliphatic carbocycles. The number of hydrogen-bond acceptors (Lipinski definition) is 6. The van der Waals surface area contributed by atoms with Gasteiger partial charge in [-0.3, -0.25) is 4.79 Å². The molecule has 3 rings (SSSR count). The number of amides is 2. The monoisotopic (exact) mass is 494 g/mol. The summed E-state index contributed by atoms with van der Waals surface area (Å²) < 4.78 is 17.8. The van der Waals surface area contributed by atoms with Crippen molar-refractivity contribution in [2.75, 3.05) is 40.5 Å². The molecule has 0 radical (unpaired) electrons. The van der Waals surface area contributed by atoms with Gasteiger partial charge in [0, 0.05) is 25.7 Å². The summed E-state index contributed by atoms with van der Waals surface area (Å²) in [5, 5.41) is 7.30. The maximum atomic E-state index is 12.8. The van der Waals surface area contributed by atoms with Crippen LogP contribution >= 0.6 is 0 Å². The third kappa shape index (κ3) is 7.00. The van der Waals surface area contributed by atoms with Crippen LogP contribution in [0.2, 0.25) is 0 Å². The van der Waals surface area contributed by atoms with Crippen LogP contribution < -0.4 is 14.8 Å². The van der Waals surface area contributed by atoms with Crippen LogP contribution in [-0.2, 0) is 4.74 Å². The average molecular weight is 495 g/mol. The molecule has 0 atom stereocenters. The van der Waals surface area contributed by atoms with Crippen LogP contribution in [0.5, 0.6) is 11.5 Å². The number of alkyl carbamates (subject to hydrolysis) is 1. The Morgan fingerprint density at radius 3 is 2.31 bits per heavy atom. The second-order valence-electron chi connectivity index (χ2n) is 8.63. The van der Waals surface area contributed by atoms with Crippen LogP contribution in [0.3, 0.4) is 0 Å². The van der Waals surface area contributed by atoms with E-state index in [4.69, 9.17) is 14.2 Å². The first-order chi connectivity index (χ1) is 17.3. The van der Waals surface area contributed by atoms with E-state index in [9.17, 15) is 9.59 Å². The molecule has 0 fully saturated rings. The molecule has 1 aromatic heterocycles. The van der Waals surface area contributed by atoms with Crippen LogP contribution in [0.4, 0.5) is 4.79 Å². The Bertz CT molecular complexity index is 1140. The first-order valence-electron chi connectivity index (χ1n) is 12.0. The third-order valence-corrected chi connectivity index (χ3v) is 5.46. The van der Waals surface area contributed by atoms with Gasteiger partial charge in [-0.25, -0.2) is 9.48 Å². The zero-order valence-electron chi connectivity index (χ0n) is 21.5. The molecule has 9 heteroatoms. The standard InChI is InChI=1S/C27H34N4O5/c1-6-30(4)26(32)24-17-25(31(29-24)21-9-13-22(34-5)14-10-21)20-7-11-23(12-8-20)35-15-16-36-27(33)28-18-19(2)3/h7-14,17,19H,6,15-16,18H2,1-5H3,(H,28,33). The molecule has 1 heterocycles. The molecule has 9 nitrogen and oxygen atoms in total. The number of ether oxygens (including phenoxy) is 3. The molecule has 2 amide bonds. The van der Waals surface area contributed by atoms with Crippen molar-refractivity contribution in [1.82, 2.24) is 20.0 Å². The van der Waals surface area contributed by atoms with E-state index in [1.807, 2.05) is 69.3 Å². The SMILES string of the molecule is CCN(C)C(=O)c1cc(-c2ccc(OCCOC(=O)NCC(C)C)cc2)n(-c2ccc(OC)cc2)n1. The number of rotatable bonds is 11. The van der Waals surface area contributed by atoms with E-state index in [0.29, 0.717) is 30.5 Å². The third-order valence-electron chi connectivity index (χ3n) is 5.46. The van der Waals surface area contributed by atoms with Crippen LogP contribution in [0.15, 0.2) is 54.6 Å². The summed E-state index contributed by atoms with van der Waals surface area (Å²) in [6, 6.07) is 16.7. The largest absolute Gasteiger partial charge is 0.497 e. The van der Waals surface area contributed by atoms with Gasteiger partial charge in [0.25, 0.3) is 5.91 Å². The predicted molar refractivity (Wildman–Crippen MR) is 138 cm³/mol. The number of nitrogens with zero attached hydrogens (tertiary/aromatic N) is 3. The lowest BCUT2D eigenvalue weighted by Crippen LogP contribution is -2.29. The molecule has 192 valence electrons. The fraction of sp³-hybridized carbons (Fsp3) is 0.370. The van der Waals surface area contributed by atoms with Gasteiger partial charge < -0.3 is 24.4 Å². The highest BCUT2D eigenvalue weighted by Gasteiger charge is 2.19. The van der Waals surface area contributed by atoms with E-state index in [1.165, 1.54) is 0 Å². The molecular formula is C27H34N4O5. The Morgan fingerprint density at radius 1 is 1.03 bits per heavy atom. The molecule has 0 unspecified atom stereocenters. The van der Waals surface area contributed by atoms with Gasteiger partial charge in [0.1, 0.15) is 24.7 Å². The quantitative estimate of drug-likeness (QED) is 0.397. The van der Waals surface area contributed by atoms with Crippen molar-refractivity contribution < 1.29 is 23.8 Å². The van der Waals surface area contributed by atoms with Crippen LogP contribution in [0, 0.1) is 5.92 Å². The molecule has 2 aromatic carbocycles. The second kappa shape index (κ2) is 12.6. The van der Waals surface area contributed by atoms with Gasteiger partial charge in [-0.1, -0.05) is 13.8 Å². The lowest BCUT2D eigenvalue weighted by atomic mass is 10.1. The first kappa shape index (κ1) is 26.6. The highest BCUT2D eigenvalue weighted by atomic mass is 16.6. The highest BCUT2D eigenvalue weighted by Crippen LogP contribution is 2.27. The molecule has 3 aromatic rings. The normalized spacial score (nSPS) is 10.7. The van der Waals surface area contributed by atoms with E-state index in [2.05, 4.69) is 10.4 Å². The van der Waals surface area contributed by atoms with Crippen LogP contribution in [0.25, 0.3) is 16.9 Å². The number of methoxy groups -OCH3 is 1. The molecule has 0 saturated carbocycles. The van der Waals surface area contributed by atoms with E-state index >= 15 is 0 Å². The van der Waals surface area contributed by atoms with Gasteiger partial charge in [0.2, 0.25) is 0 Å². The molecule has 0 bridgehead atoms. The van der Waals surface area contributed by atoms with E-state index < -0.39 is 6.09 Å². The van der Waals surface area contributed by atoms with Gasteiger partial charge >= 0.3 is 6.09 Å². The van der Waals surface area contributed by atoms with Crippen molar-refractivity contribution in [2.45, 2.75) is 20.8 Å². The number of benzene rings is 2. The molecule has 0 aliphatic rings. The van der Waals surface area contributed by atoms with Crippen LogP contribution in [0.1, 0.15) is 31.3 Å². The van der Waals surface area contributed by atoms with Gasteiger partial charge in [0.05, 0.1) is 18.5 Å². The van der Waals surface area contributed by atoms with Crippen molar-refractivity contribution in [3.05, 3.63) is 60.3 Å². The Hall–Kier alpha value is -4.01. The van der Waals surface area contributed by atoms with Gasteiger partial charge in [-0.2, -0.15) is 5.10 Å². The Balaban J connectivity index is 1.74. The number of carbonyl (C=O) groups excluding carboxylic acids is 2. The molecule has 0 aliphatic heterocycles. The van der Waals surface area contributed by atoms with Crippen molar-refractivity contribution in [3.8, 4) is 28.4 Å². The topological polar surface area (TPSA) is 94.9 Å². The number of nitrogens with one attached hydrogen (secondary N) is 1. The summed E-state index contributed by atoms with van der Waals surface area (Å²) in [7, 11) is 3.36. The Morgan fingerprint density at radius 2 is 1.69 bits per heavy atom. The van der Waals surface area contributed by atoms with Gasteiger partial charge in [-0.05, 0) is 67.4 Å². The fourth-order valence-corrected chi connectivity index (χ4v) is 3.30. The molecule has 1 N–H and O–H groups in total. The van der Waals surface area contributed by atoms with Crippen molar-refractivity contribution >= 4 is 12.0 Å². The van der Waals surface area contributed by atoms with E-state index in [0.717, 1.165) is 22.7 Å². The summed E-state index contributed by atoms with van der Waals surface area (Å²) in [4.78, 5) is 26.0. The summed E-state index contributed by atoms with van der Waals surface area (Å²) >= 11 is 0. The summed E-state index contributed by atoms with van der Waals surface area (Å²) in [5.74, 6) is 1.58. The number of aromatic nitrogens is 2. The average Bonchev–Trinajstić information content (AvgIpc) is 3.35. The lowest BCUT2D eigenvalue weighted by Gasteiger charge is -2.12. The molecule has 36 heavy (non-hydrogen) atoms. The number of carbonyl (C=O) groups is 2. The zero-order valence-corrected chi connectivity index (χ0v) is 21.5. The fourth-order valence-electron chi connectivity index (χ4n) is 3.30. The minimum Gasteiger partial charge on any atom is -0.497 e. The Labute approximate surface area is 212 Å². The molecular weight excluding hydrogens is 460 g/mol. The van der Waals surface area contributed by atoms with Gasteiger partial charge in [-0.15, -0.1) is 0 Å². The Kier molecular flexibility index (Phi) is 9.32. The maximum Gasteiger partial charge on any atom is 0.407 e. The highest BCUT2D eigenvalue weighted by molar-refractivity contribution is 5.93. The maximum absolute atomic E-state index is 12.8. The molecule has 0 spiro atoms. The van der Waals surface area contributed by atoms with Crippen molar-refractivity contribution in [2.24, 2.45) is 5.92 Å². The first-order valence-corrected chi connectivity index (χ1v) is 12.0. The smallest absolute Gasteiger partial charge is 0.407 e. The summed E-state index contributed by atoms with van der Waals surface area (Å²) in [6.45, 7) is 7.47. The van der Waals surface area contributed by atoms with E-state index in [-0.39, 0.29) is 19.1 Å². The second-order valence-corrected chi connectivity index (χ2v) is 8.63. The summed E-state index contributed by atoms with van der Waals surface area (Å²) in [5.41, 5.74) is 2.80. The predicted octanol–water partition coefficient (Wildman–Crippen LogP) is 4.40. The zero-order chi connectivity index (χ0) is 26.1. The molecule has 0 saturated heterocycles. The van der Waals surface area contributed by atoms with Crippen molar-refractivity contribution in [3.63, 3.8) is 0 Å².